The lowest BCUT2D eigenvalue weighted by Gasteiger charge is -2.19. The minimum absolute atomic E-state index is 0.0483. The van der Waals surface area contributed by atoms with E-state index in [1.165, 1.54) is 36.8 Å². The Bertz CT molecular complexity index is 1250. The zero-order valence-electron chi connectivity index (χ0n) is 14.6. The molecule has 0 aliphatic heterocycles. The van der Waals surface area contributed by atoms with Gasteiger partial charge in [0, 0.05) is 36.1 Å². The van der Waals surface area contributed by atoms with Crippen LogP contribution in [0.1, 0.15) is 23.2 Å². The lowest BCUT2D eigenvalue weighted by Crippen LogP contribution is -2.29. The molecule has 4 rings (SSSR count). The molecule has 3 N–H and O–H groups in total. The first-order chi connectivity index (χ1) is 12.8. The second kappa shape index (κ2) is 5.83. The molecule has 0 atom stereocenters. The number of hydrogen-bond acceptors (Lipinski definition) is 5. The Morgan fingerprint density at radius 1 is 1.33 bits per heavy atom. The summed E-state index contributed by atoms with van der Waals surface area (Å²) in [6, 6.07) is 2.72. The molecule has 9 nitrogen and oxygen atoms in total. The molecule has 3 aromatic rings. The number of hydrogen-bond donors (Lipinski definition) is 3. The van der Waals surface area contributed by atoms with E-state index in [0.29, 0.717) is 10.9 Å². The van der Waals surface area contributed by atoms with Crippen LogP contribution < -0.4 is 10.3 Å². The Morgan fingerprint density at radius 2 is 2.04 bits per heavy atom. The second-order valence-electron chi connectivity index (χ2n) is 6.51. The van der Waals surface area contributed by atoms with Crippen LogP contribution in [-0.2, 0) is 10.0 Å². The van der Waals surface area contributed by atoms with Gasteiger partial charge < -0.3 is 19.8 Å². The number of aromatic carboxylic acids is 1. The van der Waals surface area contributed by atoms with E-state index in [4.69, 9.17) is 4.74 Å². The maximum Gasteiger partial charge on any atom is 0.337 e. The molecule has 0 amide bonds. The number of nitrogens with one attached hydrogen (secondary N) is 2. The number of rotatable bonds is 5. The fourth-order valence-corrected chi connectivity index (χ4v) is 4.83. The van der Waals surface area contributed by atoms with Crippen LogP contribution in [0.5, 0.6) is 5.75 Å². The van der Waals surface area contributed by atoms with Crippen LogP contribution in [0.15, 0.2) is 28.0 Å². The van der Waals surface area contributed by atoms with Crippen molar-refractivity contribution in [3.63, 3.8) is 0 Å². The third-order valence-electron chi connectivity index (χ3n) is 4.88. The zero-order valence-corrected chi connectivity index (χ0v) is 15.4. The fourth-order valence-electron chi connectivity index (χ4n) is 3.26. The molecule has 0 radical (unpaired) electrons. The van der Waals surface area contributed by atoms with Gasteiger partial charge in [-0.1, -0.05) is 0 Å². The van der Waals surface area contributed by atoms with Crippen molar-refractivity contribution in [2.75, 3.05) is 14.2 Å². The third kappa shape index (κ3) is 2.60. The van der Waals surface area contributed by atoms with E-state index in [-0.39, 0.29) is 33.2 Å². The number of carboxylic acids is 1. The average Bonchev–Trinajstić information content (AvgIpc) is 3.37. The summed E-state index contributed by atoms with van der Waals surface area (Å²) in [7, 11) is -0.994. The van der Waals surface area contributed by atoms with Crippen molar-refractivity contribution >= 4 is 37.8 Å². The van der Waals surface area contributed by atoms with E-state index in [0.717, 1.165) is 12.8 Å². The topological polar surface area (TPSA) is 133 Å². The average molecular weight is 391 g/mol. The maximum absolute atomic E-state index is 13.0. The number of carbonyl (C=O) groups is 1. The molecule has 0 unspecified atom stereocenters. The van der Waals surface area contributed by atoms with Crippen molar-refractivity contribution in [1.82, 2.24) is 14.3 Å². The first-order valence-corrected chi connectivity index (χ1v) is 9.66. The Hall–Kier alpha value is -2.85. The highest BCUT2D eigenvalue weighted by Crippen LogP contribution is 2.37. The van der Waals surface area contributed by atoms with Crippen molar-refractivity contribution in [1.29, 1.82) is 0 Å². The van der Waals surface area contributed by atoms with Crippen molar-refractivity contribution in [3.8, 4) is 5.75 Å². The molecule has 27 heavy (non-hydrogen) atoms. The summed E-state index contributed by atoms with van der Waals surface area (Å²) in [5.74, 6) is -1.14. The Kier molecular flexibility index (Phi) is 3.79. The molecule has 142 valence electrons. The van der Waals surface area contributed by atoms with Crippen LogP contribution in [0.2, 0.25) is 0 Å². The van der Waals surface area contributed by atoms with Gasteiger partial charge in [-0.25, -0.2) is 13.2 Å². The molecule has 0 spiro atoms. The van der Waals surface area contributed by atoms with Gasteiger partial charge in [-0.05, 0) is 18.9 Å². The van der Waals surface area contributed by atoms with Gasteiger partial charge in [0.05, 0.1) is 18.2 Å². The Balaban J connectivity index is 2.10. The number of carboxylic acid groups (broad SMARTS) is 1. The van der Waals surface area contributed by atoms with Gasteiger partial charge in [-0.15, -0.1) is 0 Å². The fraction of sp³-hybridized carbons (Fsp3) is 0.294. The van der Waals surface area contributed by atoms with E-state index in [1.807, 2.05) is 0 Å². The van der Waals surface area contributed by atoms with Crippen LogP contribution in [-0.4, -0.2) is 54.0 Å². The highest BCUT2D eigenvalue weighted by Gasteiger charge is 2.37. The largest absolute Gasteiger partial charge is 0.495 e. The van der Waals surface area contributed by atoms with Crippen LogP contribution in [0, 0.1) is 0 Å². The molecule has 1 aromatic carbocycles. The molecular weight excluding hydrogens is 374 g/mol. The number of pyridine rings is 1. The highest BCUT2D eigenvalue weighted by atomic mass is 32.2. The molecule has 0 saturated heterocycles. The molecule has 1 aliphatic carbocycles. The van der Waals surface area contributed by atoms with E-state index in [9.17, 15) is 23.1 Å². The molecule has 1 saturated carbocycles. The van der Waals surface area contributed by atoms with Crippen molar-refractivity contribution in [2.45, 2.75) is 23.8 Å². The number of benzene rings is 1. The van der Waals surface area contributed by atoms with Gasteiger partial charge in [-0.3, -0.25) is 4.79 Å². The third-order valence-corrected chi connectivity index (χ3v) is 6.81. The number of sulfonamides is 1. The number of ether oxygens (including phenoxy) is 1. The SMILES string of the molecule is COc1cc2[nH]c(=O)c3[nH]cc(C(=O)O)c3c2cc1S(=O)(=O)N(C)C1CC1. The van der Waals surface area contributed by atoms with Crippen molar-refractivity contribution in [3.05, 3.63) is 34.2 Å². The predicted octanol–water partition coefficient (Wildman–Crippen LogP) is 1.50. The Morgan fingerprint density at radius 3 is 2.63 bits per heavy atom. The Labute approximate surface area is 153 Å². The first-order valence-electron chi connectivity index (χ1n) is 8.22. The molecule has 2 aromatic heterocycles. The number of fused-ring (bicyclic) bond motifs is 3. The predicted molar refractivity (Wildman–Crippen MR) is 97.9 cm³/mol. The lowest BCUT2D eigenvalue weighted by atomic mass is 10.1. The number of aromatic nitrogens is 2. The smallest absolute Gasteiger partial charge is 0.337 e. The van der Waals surface area contributed by atoms with Crippen LogP contribution in [0.4, 0.5) is 0 Å². The van der Waals surface area contributed by atoms with E-state index >= 15 is 0 Å². The minimum Gasteiger partial charge on any atom is -0.495 e. The molecular formula is C17H17N3O6S. The first kappa shape index (κ1) is 17.6. The van der Waals surface area contributed by atoms with Crippen LogP contribution in [0.25, 0.3) is 21.8 Å². The summed E-state index contributed by atoms with van der Waals surface area (Å²) in [5.41, 5.74) is -0.244. The highest BCUT2D eigenvalue weighted by molar-refractivity contribution is 7.89. The van der Waals surface area contributed by atoms with E-state index in [1.54, 1.807) is 0 Å². The quantitative estimate of drug-likeness (QED) is 0.604. The van der Waals surface area contributed by atoms with Gasteiger partial charge in [-0.2, -0.15) is 4.31 Å². The summed E-state index contributed by atoms with van der Waals surface area (Å²) < 4.78 is 32.6. The van der Waals surface area contributed by atoms with Crippen LogP contribution in [0.3, 0.4) is 0 Å². The molecule has 1 aliphatic rings. The van der Waals surface area contributed by atoms with Crippen molar-refractivity contribution in [2.24, 2.45) is 0 Å². The van der Waals surface area contributed by atoms with Crippen LogP contribution >= 0.6 is 0 Å². The number of methoxy groups -OCH3 is 1. The minimum atomic E-state index is -3.85. The normalized spacial score (nSPS) is 14.9. The summed E-state index contributed by atoms with van der Waals surface area (Å²) in [6.45, 7) is 0. The van der Waals surface area contributed by atoms with Gasteiger partial charge in [0.1, 0.15) is 16.2 Å². The monoisotopic (exact) mass is 391 g/mol. The number of aromatic amines is 2. The molecule has 1 fully saturated rings. The van der Waals surface area contributed by atoms with Crippen molar-refractivity contribution < 1.29 is 23.1 Å². The van der Waals surface area contributed by atoms with Gasteiger partial charge >= 0.3 is 5.97 Å². The molecule has 0 bridgehead atoms. The summed E-state index contributed by atoms with van der Waals surface area (Å²) in [4.78, 5) is 29.0. The lowest BCUT2D eigenvalue weighted by molar-refractivity contribution is 0.0699. The second-order valence-corrected chi connectivity index (χ2v) is 8.48. The number of H-pyrrole nitrogens is 2. The maximum atomic E-state index is 13.0. The molecule has 10 heteroatoms. The van der Waals surface area contributed by atoms with E-state index < -0.39 is 21.6 Å². The van der Waals surface area contributed by atoms with Gasteiger partial charge in [0.15, 0.2) is 0 Å². The van der Waals surface area contributed by atoms with Gasteiger partial charge in [0.25, 0.3) is 5.56 Å². The number of nitrogens with zero attached hydrogens (tertiary/aromatic N) is 1. The summed E-state index contributed by atoms with van der Waals surface area (Å²) in [5, 5.41) is 9.91. The molecule has 2 heterocycles. The summed E-state index contributed by atoms with van der Waals surface area (Å²) in [6.07, 6.45) is 2.81. The van der Waals surface area contributed by atoms with Gasteiger partial charge in [0.2, 0.25) is 10.0 Å². The summed E-state index contributed by atoms with van der Waals surface area (Å²) >= 11 is 0. The van der Waals surface area contributed by atoms with E-state index in [2.05, 4.69) is 9.97 Å². The standard InChI is InChI=1S/C17H17N3O6S/c1-20(8-3-4-8)27(24,25)13-5-9-11(6-12(13)26-2)19-16(21)15-14(9)10(7-18-15)17(22)23/h5-8,18H,3-4H2,1-2H3,(H,19,21)(H,22,23). The zero-order chi connectivity index (χ0) is 19.5.